The maximum Gasteiger partial charge on any atom is 0.0822 e. The van der Waals surface area contributed by atoms with Crippen molar-refractivity contribution in [3.05, 3.63) is 108 Å². The Morgan fingerprint density at radius 1 is 0.452 bits per heavy atom. The van der Waals surface area contributed by atoms with E-state index < -0.39 is 0 Å². The second kappa shape index (κ2) is 23.0. The Morgan fingerprint density at radius 3 is 1.12 bits per heavy atom. The van der Waals surface area contributed by atoms with E-state index in [1.54, 1.807) is 0 Å². The Labute approximate surface area is 271 Å². The monoisotopic (exact) mass is 650 g/mol. The maximum atomic E-state index is 4.36. The predicted molar refractivity (Wildman–Crippen MR) is 196 cm³/mol. The van der Waals surface area contributed by atoms with Gasteiger partial charge in [-0.15, -0.1) is 0 Å². The van der Waals surface area contributed by atoms with Gasteiger partial charge in [-0.3, -0.25) is 0 Å². The van der Waals surface area contributed by atoms with Gasteiger partial charge in [0.15, 0.2) is 0 Å². The Morgan fingerprint density at radius 2 is 0.762 bits per heavy atom. The fourth-order valence-corrected chi connectivity index (χ4v) is 7.48. The third-order valence-electron chi connectivity index (χ3n) is 8.92. The minimum absolute atomic E-state index is 0. The summed E-state index contributed by atoms with van der Waals surface area (Å²) in [7, 11) is 0. The molecule has 2 unspecified atom stereocenters. The molecule has 3 aromatic carbocycles. The van der Waals surface area contributed by atoms with Crippen LogP contribution in [0.3, 0.4) is 0 Å². The predicted octanol–water partition coefficient (Wildman–Crippen LogP) is 13.6. The quantitative estimate of drug-likeness (QED) is 0.0544. The first-order chi connectivity index (χ1) is 20.3. The van der Waals surface area contributed by atoms with Crippen LogP contribution in [-0.4, -0.2) is 0 Å². The largest absolute Gasteiger partial charge is 0.153 e. The molecule has 42 heavy (non-hydrogen) atoms. The van der Waals surface area contributed by atoms with Crippen LogP contribution in [0.25, 0.3) is 0 Å². The smallest absolute Gasteiger partial charge is 0.0822 e. The summed E-state index contributed by atoms with van der Waals surface area (Å²) in [6.07, 6.45) is 26.7. The summed E-state index contributed by atoms with van der Waals surface area (Å²) in [4.78, 5) is 0. The Hall–Kier alpha value is -1.43. The molecular formula is C40H60BrP. The van der Waals surface area contributed by atoms with Crippen LogP contribution in [-0.2, 0) is 4.32 Å². The van der Waals surface area contributed by atoms with Crippen molar-refractivity contribution in [2.75, 3.05) is 0 Å². The number of hydrogen-bond donors (Lipinski definition) is 0. The molecule has 0 N–H and O–H groups in total. The summed E-state index contributed by atoms with van der Waals surface area (Å²) in [6.45, 7) is 2.30. The van der Waals surface area contributed by atoms with Crippen molar-refractivity contribution in [2.24, 2.45) is 0 Å². The van der Waals surface area contributed by atoms with Gasteiger partial charge in [0.05, 0.1) is 4.32 Å². The van der Waals surface area contributed by atoms with Crippen molar-refractivity contribution in [2.45, 2.75) is 139 Å². The highest BCUT2D eigenvalue weighted by atomic mass is 79.9. The Bertz CT molecular complexity index is 964. The summed E-state index contributed by atoms with van der Waals surface area (Å²) in [5, 5.41) is 0. The van der Waals surface area contributed by atoms with E-state index in [4.69, 9.17) is 0 Å². The van der Waals surface area contributed by atoms with Crippen LogP contribution < -0.4 is 0 Å². The average Bonchev–Trinajstić information content (AvgIpc) is 3.03. The van der Waals surface area contributed by atoms with Gasteiger partial charge in [-0.05, 0) is 23.1 Å². The number of hydrogen-bond acceptors (Lipinski definition) is 0. The zero-order valence-corrected chi connectivity index (χ0v) is 29.8. The topological polar surface area (TPSA) is 0 Å². The summed E-state index contributed by atoms with van der Waals surface area (Å²) in [5.74, 6) is 0.370. The Balaban J connectivity index is 0.00000616. The van der Waals surface area contributed by atoms with Crippen LogP contribution in [0.15, 0.2) is 91.0 Å². The average molecular weight is 652 g/mol. The van der Waals surface area contributed by atoms with Crippen LogP contribution >= 0.6 is 25.8 Å². The molecule has 0 radical (unpaired) electrons. The molecule has 0 saturated carbocycles. The molecular weight excluding hydrogens is 591 g/mol. The maximum absolute atomic E-state index is 4.36. The number of rotatable bonds is 23. The summed E-state index contributed by atoms with van der Waals surface area (Å²) in [5.41, 5.74) is 4.09. The van der Waals surface area contributed by atoms with Gasteiger partial charge in [0.2, 0.25) is 0 Å². The van der Waals surface area contributed by atoms with Crippen molar-refractivity contribution in [3.63, 3.8) is 0 Å². The van der Waals surface area contributed by atoms with Crippen LogP contribution in [0, 0.1) is 0 Å². The SMILES string of the molecule is CCCCCCCCCCCCCCCCCCCCC(c1ccccc1)C(Br)(c1ccccc1)c1ccccc1.P. The third kappa shape index (κ3) is 13.1. The van der Waals surface area contributed by atoms with Crippen LogP contribution in [0.1, 0.15) is 152 Å². The zero-order valence-electron chi connectivity index (χ0n) is 26.8. The molecule has 0 aromatic heterocycles. The highest BCUT2D eigenvalue weighted by Gasteiger charge is 2.40. The molecule has 0 bridgehead atoms. The number of unbranched alkanes of at least 4 members (excludes halogenated alkanes) is 17. The summed E-state index contributed by atoms with van der Waals surface area (Å²) in [6, 6.07) is 33.2. The van der Waals surface area contributed by atoms with Gasteiger partial charge in [0.25, 0.3) is 0 Å². The lowest BCUT2D eigenvalue weighted by molar-refractivity contribution is 0.481. The minimum Gasteiger partial charge on any atom is -0.153 e. The van der Waals surface area contributed by atoms with E-state index in [0.29, 0.717) is 5.92 Å². The van der Waals surface area contributed by atoms with E-state index >= 15 is 0 Å². The summed E-state index contributed by atoms with van der Waals surface area (Å²) < 4.78 is -0.245. The molecule has 0 nitrogen and oxygen atoms in total. The first-order valence-electron chi connectivity index (χ1n) is 17.1. The number of benzene rings is 3. The molecule has 2 atom stereocenters. The zero-order chi connectivity index (χ0) is 28.9. The first kappa shape index (κ1) is 36.8. The van der Waals surface area contributed by atoms with E-state index in [0.717, 1.165) is 0 Å². The molecule has 232 valence electrons. The van der Waals surface area contributed by atoms with Gasteiger partial charge in [0.1, 0.15) is 0 Å². The molecule has 0 heterocycles. The van der Waals surface area contributed by atoms with Gasteiger partial charge in [-0.2, -0.15) is 9.90 Å². The van der Waals surface area contributed by atoms with Crippen molar-refractivity contribution in [3.8, 4) is 0 Å². The number of halogens is 1. The molecule has 0 aliphatic heterocycles. The highest BCUT2D eigenvalue weighted by molar-refractivity contribution is 9.09. The number of alkyl halides is 1. The first-order valence-corrected chi connectivity index (χ1v) is 17.9. The lowest BCUT2D eigenvalue weighted by atomic mass is 9.74. The summed E-state index contributed by atoms with van der Waals surface area (Å²) >= 11 is 4.36. The second-order valence-corrected chi connectivity index (χ2v) is 13.5. The minimum atomic E-state index is -0.245. The van der Waals surface area contributed by atoms with Crippen molar-refractivity contribution < 1.29 is 0 Å². The van der Waals surface area contributed by atoms with E-state index in [1.165, 1.54) is 139 Å². The van der Waals surface area contributed by atoms with E-state index in [2.05, 4.69) is 114 Å². The van der Waals surface area contributed by atoms with E-state index in [1.807, 2.05) is 0 Å². The molecule has 0 spiro atoms. The standard InChI is InChI=1S/C40H57Br.H3P/c1-2-3-4-5-6-7-8-9-10-11-12-13-14-15-16-17-18-28-35-39(36-29-22-19-23-30-36)40(41,37-31-24-20-25-32-37)38-33-26-21-27-34-38;/h19-27,29-34,39H,2-18,28,35H2,1H3;1H3. The van der Waals surface area contributed by atoms with Crippen LogP contribution in [0.2, 0.25) is 0 Å². The van der Waals surface area contributed by atoms with Crippen LogP contribution in [0.4, 0.5) is 0 Å². The molecule has 0 aliphatic carbocycles. The molecule has 0 amide bonds. The van der Waals surface area contributed by atoms with E-state index in [-0.39, 0.29) is 14.2 Å². The van der Waals surface area contributed by atoms with Gasteiger partial charge >= 0.3 is 0 Å². The van der Waals surface area contributed by atoms with E-state index in [9.17, 15) is 0 Å². The lowest BCUT2D eigenvalue weighted by Crippen LogP contribution is -2.29. The Kier molecular flexibility index (Phi) is 20.1. The molecule has 2 heteroatoms. The fraction of sp³-hybridized carbons (Fsp3) is 0.550. The molecule has 0 aliphatic rings. The fourth-order valence-electron chi connectivity index (χ4n) is 6.46. The lowest BCUT2D eigenvalue weighted by Gasteiger charge is -2.38. The molecule has 3 rings (SSSR count). The molecule has 0 fully saturated rings. The van der Waals surface area contributed by atoms with Gasteiger partial charge in [-0.25, -0.2) is 0 Å². The van der Waals surface area contributed by atoms with Crippen molar-refractivity contribution >= 4 is 25.8 Å². The van der Waals surface area contributed by atoms with Crippen molar-refractivity contribution in [1.29, 1.82) is 0 Å². The van der Waals surface area contributed by atoms with Gasteiger partial charge in [-0.1, -0.05) is 229 Å². The van der Waals surface area contributed by atoms with Crippen LogP contribution in [0.5, 0.6) is 0 Å². The van der Waals surface area contributed by atoms with Gasteiger partial charge < -0.3 is 0 Å². The molecule has 3 aromatic rings. The highest BCUT2D eigenvalue weighted by Crippen LogP contribution is 2.51. The molecule has 0 saturated heterocycles. The normalized spacial score (nSPS) is 12.1. The second-order valence-electron chi connectivity index (χ2n) is 12.2. The van der Waals surface area contributed by atoms with Gasteiger partial charge in [0, 0.05) is 5.92 Å². The van der Waals surface area contributed by atoms with Crippen molar-refractivity contribution in [1.82, 2.24) is 0 Å². The third-order valence-corrected chi connectivity index (χ3v) is 10.4.